The van der Waals surface area contributed by atoms with Crippen LogP contribution in [0.1, 0.15) is 151 Å². The standard InChI is InChI=1S/C46H72FNO5S/c1-30(2)33-15-24-46(48-28-27-45(51)22-13-32(14-23-45)54(8,52)53)26-25-42(6)35(38(33)46)9-10-37-41(5)18-16-34(40(3,4)36(41)17-19-43(37,42)7)31-11-20-44(29-47,21-12-31)39(49)50/h11,16,32-33,35-38,48,51H,1,9-10,12-15,17-29H2,2-8H3,(H,49,50)/t32-,33-,35+,36-,37+,38+,41-,42+,43+,44?,45-,46-/m0/s1. The Balaban J connectivity index is 1.12. The number of nitrogens with one attached hydrogen (secondary N) is 1. The zero-order valence-corrected chi connectivity index (χ0v) is 35.5. The van der Waals surface area contributed by atoms with Gasteiger partial charge in [0.05, 0.1) is 16.3 Å². The molecule has 0 saturated heterocycles. The first-order valence-corrected chi connectivity index (χ1v) is 23.6. The van der Waals surface area contributed by atoms with Crippen molar-refractivity contribution in [3.63, 3.8) is 0 Å². The summed E-state index contributed by atoms with van der Waals surface area (Å²) in [6.07, 6.45) is 20.8. The highest BCUT2D eigenvalue weighted by molar-refractivity contribution is 7.91. The van der Waals surface area contributed by atoms with Crippen LogP contribution in [0.3, 0.4) is 0 Å². The van der Waals surface area contributed by atoms with Crippen molar-refractivity contribution < 1.29 is 27.8 Å². The maximum Gasteiger partial charge on any atom is 0.312 e. The number of hydrogen-bond donors (Lipinski definition) is 3. The van der Waals surface area contributed by atoms with Crippen molar-refractivity contribution in [1.82, 2.24) is 5.32 Å². The van der Waals surface area contributed by atoms with Crippen LogP contribution < -0.4 is 5.32 Å². The van der Waals surface area contributed by atoms with Gasteiger partial charge in [0.15, 0.2) is 0 Å². The number of alkyl halides is 1. The molecular formula is C46H72FNO5S. The molecule has 0 spiro atoms. The first kappa shape index (κ1) is 40.7. The minimum absolute atomic E-state index is 0.0346. The van der Waals surface area contributed by atoms with E-state index < -0.39 is 33.5 Å². The Morgan fingerprint density at radius 2 is 1.59 bits per heavy atom. The van der Waals surface area contributed by atoms with Crippen molar-refractivity contribution in [1.29, 1.82) is 0 Å². The third kappa shape index (κ3) is 6.09. The van der Waals surface area contributed by atoms with E-state index in [0.29, 0.717) is 74.5 Å². The van der Waals surface area contributed by atoms with Gasteiger partial charge in [-0.25, -0.2) is 12.8 Å². The van der Waals surface area contributed by atoms with Crippen molar-refractivity contribution in [3.8, 4) is 0 Å². The monoisotopic (exact) mass is 770 g/mol. The zero-order valence-electron chi connectivity index (χ0n) is 34.7. The van der Waals surface area contributed by atoms with Gasteiger partial charge in [-0.05, 0) is 185 Å². The van der Waals surface area contributed by atoms with Gasteiger partial charge in [0.25, 0.3) is 0 Å². The Kier molecular flexibility index (Phi) is 10.2. The highest BCUT2D eigenvalue weighted by atomic mass is 32.2. The Bertz CT molecular complexity index is 1690. The number of aliphatic hydroxyl groups is 1. The maximum atomic E-state index is 14.0. The van der Waals surface area contributed by atoms with Crippen molar-refractivity contribution in [2.24, 2.45) is 56.7 Å². The van der Waals surface area contributed by atoms with Gasteiger partial charge in [0, 0.05) is 11.8 Å². The fourth-order valence-electron chi connectivity index (χ4n) is 15.5. The molecule has 1 unspecified atom stereocenters. The molecule has 0 aromatic heterocycles. The second-order valence-corrected chi connectivity index (χ2v) is 23.8. The van der Waals surface area contributed by atoms with Crippen LogP contribution in [0.4, 0.5) is 4.39 Å². The van der Waals surface area contributed by atoms with Gasteiger partial charge in [-0.15, -0.1) is 0 Å². The molecule has 0 bridgehead atoms. The third-order valence-corrected chi connectivity index (χ3v) is 20.5. The van der Waals surface area contributed by atoms with Crippen molar-refractivity contribution in [2.75, 3.05) is 19.5 Å². The van der Waals surface area contributed by atoms with Crippen LogP contribution in [-0.4, -0.2) is 60.5 Å². The van der Waals surface area contributed by atoms with Crippen molar-refractivity contribution >= 4 is 15.8 Å². The number of carboxylic acid groups (broad SMARTS) is 1. The van der Waals surface area contributed by atoms with E-state index in [1.54, 1.807) is 0 Å². The number of carboxylic acids is 1. The second kappa shape index (κ2) is 13.5. The van der Waals surface area contributed by atoms with E-state index in [1.807, 2.05) is 0 Å². The Labute approximate surface area is 326 Å². The molecule has 0 heterocycles. The van der Waals surface area contributed by atoms with Gasteiger partial charge in [0.2, 0.25) is 0 Å². The number of rotatable bonds is 9. The molecule has 0 aliphatic heterocycles. The van der Waals surface area contributed by atoms with Crippen LogP contribution in [0.25, 0.3) is 0 Å². The molecule has 54 heavy (non-hydrogen) atoms. The summed E-state index contributed by atoms with van der Waals surface area (Å²) in [7, 11) is -3.07. The van der Waals surface area contributed by atoms with Crippen LogP contribution in [0, 0.1) is 56.7 Å². The summed E-state index contributed by atoms with van der Waals surface area (Å²) in [5.41, 5.74) is 2.54. The lowest BCUT2D eigenvalue weighted by Crippen LogP contribution is -2.68. The van der Waals surface area contributed by atoms with E-state index in [-0.39, 0.29) is 38.9 Å². The molecule has 7 aliphatic carbocycles. The quantitative estimate of drug-likeness (QED) is 0.202. The summed E-state index contributed by atoms with van der Waals surface area (Å²) in [4.78, 5) is 12.0. The Morgan fingerprint density at radius 1 is 0.889 bits per heavy atom. The summed E-state index contributed by atoms with van der Waals surface area (Å²) in [5.74, 6) is 1.79. The van der Waals surface area contributed by atoms with Gasteiger partial charge in [0.1, 0.15) is 16.5 Å². The molecule has 10 atom stereocenters. The zero-order chi connectivity index (χ0) is 39.3. The summed E-state index contributed by atoms with van der Waals surface area (Å²) in [6.45, 7) is 19.7. The molecule has 8 heteroatoms. The van der Waals surface area contributed by atoms with Gasteiger partial charge in [-0.1, -0.05) is 58.9 Å². The van der Waals surface area contributed by atoms with Gasteiger partial charge < -0.3 is 15.5 Å². The molecule has 6 nitrogen and oxygen atoms in total. The molecule has 0 aromatic rings. The van der Waals surface area contributed by atoms with Gasteiger partial charge >= 0.3 is 5.97 Å². The molecule has 304 valence electrons. The van der Waals surface area contributed by atoms with E-state index >= 15 is 0 Å². The summed E-state index contributed by atoms with van der Waals surface area (Å²) in [5, 5.41) is 25.2. The van der Waals surface area contributed by atoms with Crippen LogP contribution in [0.2, 0.25) is 0 Å². The van der Waals surface area contributed by atoms with E-state index in [0.717, 1.165) is 25.8 Å². The van der Waals surface area contributed by atoms with Crippen LogP contribution >= 0.6 is 0 Å². The van der Waals surface area contributed by atoms with Crippen molar-refractivity contribution in [2.45, 2.75) is 167 Å². The first-order valence-electron chi connectivity index (χ1n) is 21.6. The van der Waals surface area contributed by atoms with Crippen LogP contribution in [0.5, 0.6) is 0 Å². The number of allylic oxidation sites excluding steroid dienone is 5. The predicted molar refractivity (Wildman–Crippen MR) is 215 cm³/mol. The minimum Gasteiger partial charge on any atom is -0.481 e. The fraction of sp³-hybridized carbons (Fsp3) is 0.848. The number of hydrogen-bond acceptors (Lipinski definition) is 5. The summed E-state index contributed by atoms with van der Waals surface area (Å²) >= 11 is 0. The molecule has 0 radical (unpaired) electrons. The molecule has 7 aliphatic rings. The number of fused-ring (bicyclic) bond motifs is 7. The molecule has 5 fully saturated rings. The number of halogens is 1. The van der Waals surface area contributed by atoms with Crippen molar-refractivity contribution in [3.05, 3.63) is 35.5 Å². The largest absolute Gasteiger partial charge is 0.481 e. The highest BCUT2D eigenvalue weighted by Crippen LogP contribution is 2.76. The summed E-state index contributed by atoms with van der Waals surface area (Å²) < 4.78 is 38.4. The van der Waals surface area contributed by atoms with E-state index in [9.17, 15) is 27.8 Å². The van der Waals surface area contributed by atoms with E-state index in [1.165, 1.54) is 61.5 Å². The smallest absolute Gasteiger partial charge is 0.312 e. The molecule has 7 rings (SSSR count). The fourth-order valence-corrected chi connectivity index (χ4v) is 16.6. The number of sulfone groups is 1. The summed E-state index contributed by atoms with van der Waals surface area (Å²) in [6, 6.07) is 0. The number of carbonyl (C=O) groups is 1. The molecule has 3 N–H and O–H groups in total. The average Bonchev–Trinajstić information content (AvgIpc) is 3.48. The minimum atomic E-state index is -3.07. The maximum absolute atomic E-state index is 14.0. The number of aliphatic carboxylic acids is 1. The molecule has 0 amide bonds. The SMILES string of the molecule is C=C(C)[C@@H]1CC[C@]2(NCC[C@]3(O)CC[C@H](S(C)(=O)=O)CC3)CC[C@]3(C)[C@H](CC[C@@H]4[C@@]5(C)CC=C(C6=CCC(CF)(C(=O)O)CC6)C(C)(C)[C@@H]5CC[C@]43C)[C@@H]12. The average molecular weight is 770 g/mol. The molecular weight excluding hydrogens is 698 g/mol. The topological polar surface area (TPSA) is 104 Å². The lowest BCUT2D eigenvalue weighted by Gasteiger charge is -2.72. The third-order valence-electron chi connectivity index (χ3n) is 18.8. The van der Waals surface area contributed by atoms with E-state index in [4.69, 9.17) is 0 Å². The van der Waals surface area contributed by atoms with Crippen LogP contribution in [-0.2, 0) is 14.6 Å². The van der Waals surface area contributed by atoms with E-state index in [2.05, 4.69) is 65.6 Å². The lowest BCUT2D eigenvalue weighted by molar-refractivity contribution is -0.221. The Hall–Kier alpha value is -1.51. The lowest BCUT2D eigenvalue weighted by atomic mass is 9.33. The van der Waals surface area contributed by atoms with Gasteiger partial charge in [-0.3, -0.25) is 4.79 Å². The first-order chi connectivity index (χ1) is 25.1. The predicted octanol–water partition coefficient (Wildman–Crippen LogP) is 9.78. The molecule has 0 aromatic carbocycles. The van der Waals surface area contributed by atoms with Gasteiger partial charge in [-0.2, -0.15) is 0 Å². The normalized spacial score (nSPS) is 47.3. The van der Waals surface area contributed by atoms with Crippen LogP contribution in [0.15, 0.2) is 35.5 Å². The molecule has 5 saturated carbocycles. The second-order valence-electron chi connectivity index (χ2n) is 21.5. The highest BCUT2D eigenvalue weighted by Gasteiger charge is 2.70. The Morgan fingerprint density at radius 3 is 2.19 bits per heavy atom.